The summed E-state index contributed by atoms with van der Waals surface area (Å²) in [6.07, 6.45) is 2.26. The van der Waals surface area contributed by atoms with Crippen molar-refractivity contribution in [1.29, 1.82) is 0 Å². The third-order valence-electron chi connectivity index (χ3n) is 3.75. The SMILES string of the molecule is O=C(O)C1(Cn2nnnc2-c2ccoc2Cl)CCOCC1. The Labute approximate surface area is 124 Å². The van der Waals surface area contributed by atoms with Crippen molar-refractivity contribution in [2.45, 2.75) is 19.4 Å². The van der Waals surface area contributed by atoms with Crippen molar-refractivity contribution in [3.05, 3.63) is 17.5 Å². The molecule has 1 aliphatic rings. The molecule has 8 nitrogen and oxygen atoms in total. The molecular weight excluding hydrogens is 300 g/mol. The number of aliphatic carboxylic acids is 1. The first-order valence-electron chi connectivity index (χ1n) is 6.43. The summed E-state index contributed by atoms with van der Waals surface area (Å²) >= 11 is 5.93. The lowest BCUT2D eigenvalue weighted by atomic mass is 9.80. The number of halogens is 1. The van der Waals surface area contributed by atoms with Crippen LogP contribution in [0.15, 0.2) is 16.7 Å². The van der Waals surface area contributed by atoms with E-state index in [1.54, 1.807) is 6.07 Å². The fourth-order valence-corrected chi connectivity index (χ4v) is 2.64. The first-order valence-corrected chi connectivity index (χ1v) is 6.81. The van der Waals surface area contributed by atoms with Gasteiger partial charge >= 0.3 is 5.97 Å². The van der Waals surface area contributed by atoms with Gasteiger partial charge in [0.25, 0.3) is 0 Å². The molecule has 0 unspecified atom stereocenters. The highest BCUT2D eigenvalue weighted by atomic mass is 35.5. The predicted octanol–water partition coefficient (Wildman–Crippen LogP) is 1.47. The Morgan fingerprint density at radius 3 is 2.86 bits per heavy atom. The maximum atomic E-state index is 11.7. The average Bonchev–Trinajstić information content (AvgIpc) is 3.08. The molecule has 1 fully saturated rings. The van der Waals surface area contributed by atoms with Gasteiger partial charge in [0.05, 0.1) is 23.8 Å². The number of carboxylic acids is 1. The van der Waals surface area contributed by atoms with Crippen molar-refractivity contribution >= 4 is 17.6 Å². The normalized spacial score (nSPS) is 17.8. The summed E-state index contributed by atoms with van der Waals surface area (Å²) in [5.41, 5.74) is -0.396. The van der Waals surface area contributed by atoms with Gasteiger partial charge in [-0.1, -0.05) is 0 Å². The highest BCUT2D eigenvalue weighted by molar-refractivity contribution is 6.31. The monoisotopic (exact) mass is 312 g/mol. The lowest BCUT2D eigenvalue weighted by molar-refractivity contribution is -0.156. The van der Waals surface area contributed by atoms with E-state index < -0.39 is 11.4 Å². The lowest BCUT2D eigenvalue weighted by Crippen LogP contribution is -2.41. The topological polar surface area (TPSA) is 103 Å². The highest BCUT2D eigenvalue weighted by Gasteiger charge is 2.41. The van der Waals surface area contributed by atoms with Gasteiger partial charge in [-0.05, 0) is 40.9 Å². The Bertz CT molecular complexity index is 647. The Kier molecular flexibility index (Phi) is 3.64. The zero-order chi connectivity index (χ0) is 14.9. The van der Waals surface area contributed by atoms with Crippen LogP contribution in [-0.2, 0) is 16.1 Å². The van der Waals surface area contributed by atoms with Crippen molar-refractivity contribution in [2.75, 3.05) is 13.2 Å². The zero-order valence-corrected chi connectivity index (χ0v) is 11.8. The van der Waals surface area contributed by atoms with Gasteiger partial charge in [-0.3, -0.25) is 4.79 Å². The van der Waals surface area contributed by atoms with Gasteiger partial charge in [0.15, 0.2) is 5.82 Å². The quantitative estimate of drug-likeness (QED) is 0.911. The third kappa shape index (κ3) is 2.52. The second-order valence-corrected chi connectivity index (χ2v) is 5.31. The fraction of sp³-hybridized carbons (Fsp3) is 0.500. The number of aromatic nitrogens is 4. The van der Waals surface area contributed by atoms with Gasteiger partial charge in [0.1, 0.15) is 0 Å². The van der Waals surface area contributed by atoms with Gasteiger partial charge in [-0.15, -0.1) is 5.10 Å². The van der Waals surface area contributed by atoms with Crippen molar-refractivity contribution in [3.8, 4) is 11.4 Å². The van der Waals surface area contributed by atoms with E-state index in [-0.39, 0.29) is 11.8 Å². The predicted molar refractivity (Wildman–Crippen MR) is 70.7 cm³/mol. The van der Waals surface area contributed by atoms with Crippen LogP contribution < -0.4 is 0 Å². The molecular formula is C12H13ClN4O4. The van der Waals surface area contributed by atoms with Gasteiger partial charge in [-0.2, -0.15) is 0 Å². The molecule has 1 aliphatic heterocycles. The third-order valence-corrected chi connectivity index (χ3v) is 4.04. The summed E-state index contributed by atoms with van der Waals surface area (Å²) in [7, 11) is 0. The maximum absolute atomic E-state index is 11.7. The van der Waals surface area contributed by atoms with E-state index in [9.17, 15) is 9.90 Å². The van der Waals surface area contributed by atoms with E-state index in [0.717, 1.165) is 0 Å². The molecule has 0 aromatic carbocycles. The summed E-state index contributed by atoms with van der Waals surface area (Å²) in [4.78, 5) is 11.7. The molecule has 21 heavy (non-hydrogen) atoms. The Morgan fingerprint density at radius 1 is 1.48 bits per heavy atom. The molecule has 2 aromatic heterocycles. The molecule has 1 N–H and O–H groups in total. The molecule has 0 amide bonds. The lowest BCUT2D eigenvalue weighted by Gasteiger charge is -2.32. The fourth-order valence-electron chi connectivity index (χ4n) is 2.45. The van der Waals surface area contributed by atoms with Crippen molar-refractivity contribution in [2.24, 2.45) is 5.41 Å². The number of carboxylic acid groups (broad SMARTS) is 1. The van der Waals surface area contributed by atoms with Crippen LogP contribution in [0.1, 0.15) is 12.8 Å². The summed E-state index contributed by atoms with van der Waals surface area (Å²) in [6.45, 7) is 0.988. The molecule has 0 aliphatic carbocycles. The van der Waals surface area contributed by atoms with Crippen LogP contribution in [-0.4, -0.2) is 44.5 Å². The van der Waals surface area contributed by atoms with Crippen molar-refractivity contribution < 1.29 is 19.1 Å². The van der Waals surface area contributed by atoms with Crippen LogP contribution in [0.3, 0.4) is 0 Å². The van der Waals surface area contributed by atoms with Crippen LogP contribution in [0.25, 0.3) is 11.4 Å². The van der Waals surface area contributed by atoms with Gasteiger partial charge < -0.3 is 14.3 Å². The van der Waals surface area contributed by atoms with E-state index in [0.29, 0.717) is 37.4 Å². The minimum atomic E-state index is -0.932. The van der Waals surface area contributed by atoms with Crippen LogP contribution in [0, 0.1) is 5.41 Å². The summed E-state index contributed by atoms with van der Waals surface area (Å²) in [5, 5.41) is 21.2. The van der Waals surface area contributed by atoms with Crippen molar-refractivity contribution in [3.63, 3.8) is 0 Å². The number of hydrogen-bond acceptors (Lipinski definition) is 6. The smallest absolute Gasteiger partial charge is 0.311 e. The molecule has 2 aromatic rings. The minimum absolute atomic E-state index is 0.162. The first-order chi connectivity index (χ1) is 10.1. The molecule has 3 heterocycles. The standard InChI is InChI=1S/C12H13ClN4O4/c13-9-8(1-4-21-9)10-14-15-16-17(10)7-12(11(18)19)2-5-20-6-3-12/h1,4H,2-3,5-7H2,(H,18,19). The number of rotatable bonds is 4. The van der Waals surface area contributed by atoms with Gasteiger partial charge in [0.2, 0.25) is 5.22 Å². The van der Waals surface area contributed by atoms with E-state index in [4.69, 9.17) is 20.8 Å². The summed E-state index contributed by atoms with van der Waals surface area (Å²) < 4.78 is 11.7. The molecule has 0 spiro atoms. The molecule has 112 valence electrons. The van der Waals surface area contributed by atoms with E-state index >= 15 is 0 Å². The zero-order valence-electron chi connectivity index (χ0n) is 11.0. The van der Waals surface area contributed by atoms with E-state index in [1.807, 2.05) is 0 Å². The number of carbonyl (C=O) groups is 1. The molecule has 9 heteroatoms. The maximum Gasteiger partial charge on any atom is 0.311 e. The van der Waals surface area contributed by atoms with E-state index in [1.165, 1.54) is 10.9 Å². The summed E-state index contributed by atoms with van der Waals surface area (Å²) in [6, 6.07) is 1.64. The molecule has 3 rings (SSSR count). The largest absolute Gasteiger partial charge is 0.481 e. The second kappa shape index (κ2) is 5.45. The molecule has 0 atom stereocenters. The number of hydrogen-bond donors (Lipinski definition) is 1. The van der Waals surface area contributed by atoms with Gasteiger partial charge in [-0.25, -0.2) is 4.68 Å². The number of nitrogens with zero attached hydrogens (tertiary/aromatic N) is 4. The molecule has 0 radical (unpaired) electrons. The molecule has 0 saturated carbocycles. The molecule has 0 bridgehead atoms. The first kappa shape index (κ1) is 14.0. The Hall–Kier alpha value is -1.93. The Balaban J connectivity index is 1.93. The molecule has 1 saturated heterocycles. The highest BCUT2D eigenvalue weighted by Crippen LogP contribution is 2.34. The second-order valence-electron chi connectivity index (χ2n) is 4.97. The average molecular weight is 313 g/mol. The van der Waals surface area contributed by atoms with Gasteiger partial charge in [0, 0.05) is 13.2 Å². The van der Waals surface area contributed by atoms with Crippen LogP contribution in [0.5, 0.6) is 0 Å². The number of tetrazole rings is 1. The van der Waals surface area contributed by atoms with Crippen LogP contribution in [0.4, 0.5) is 0 Å². The number of ether oxygens (including phenoxy) is 1. The Morgan fingerprint density at radius 2 is 2.24 bits per heavy atom. The minimum Gasteiger partial charge on any atom is -0.481 e. The van der Waals surface area contributed by atoms with Crippen LogP contribution >= 0.6 is 11.6 Å². The number of furan rings is 1. The van der Waals surface area contributed by atoms with Crippen molar-refractivity contribution in [1.82, 2.24) is 20.2 Å². The van der Waals surface area contributed by atoms with E-state index in [2.05, 4.69) is 15.5 Å². The van der Waals surface area contributed by atoms with Crippen LogP contribution in [0.2, 0.25) is 5.22 Å². The summed E-state index contributed by atoms with van der Waals surface area (Å²) in [5.74, 6) is -0.480.